The molecule has 9 heteroatoms. The van der Waals surface area contributed by atoms with Gasteiger partial charge in [0.1, 0.15) is 0 Å². The zero-order valence-corrected chi connectivity index (χ0v) is 19.6. The van der Waals surface area contributed by atoms with E-state index in [1.165, 1.54) is 13.2 Å². The number of fused-ring (bicyclic) bond motifs is 1. The number of rotatable bonds is 11. The van der Waals surface area contributed by atoms with Crippen LogP contribution < -0.4 is 26.0 Å². The number of ether oxygens (including phenoxy) is 1. The van der Waals surface area contributed by atoms with Crippen LogP contribution in [0.3, 0.4) is 0 Å². The first-order valence-corrected chi connectivity index (χ1v) is 11.6. The van der Waals surface area contributed by atoms with Crippen molar-refractivity contribution in [3.8, 4) is 17.0 Å². The van der Waals surface area contributed by atoms with Crippen molar-refractivity contribution < 1.29 is 13.9 Å². The highest BCUT2D eigenvalue weighted by molar-refractivity contribution is 6.07. The molecule has 0 aliphatic carbocycles. The molecule has 4 rings (SSSR count). The van der Waals surface area contributed by atoms with E-state index >= 15 is 0 Å². The van der Waals surface area contributed by atoms with Crippen molar-refractivity contribution in [1.82, 2.24) is 20.6 Å². The number of benzene rings is 1. The van der Waals surface area contributed by atoms with E-state index in [4.69, 9.17) is 4.74 Å². The number of nitrogens with one attached hydrogen (secondary N) is 5. The quantitative estimate of drug-likeness (QED) is 0.273. The lowest BCUT2D eigenvalue weighted by atomic mass is 10.0. The van der Waals surface area contributed by atoms with Gasteiger partial charge in [-0.15, -0.1) is 0 Å². The Morgan fingerprint density at radius 3 is 2.82 bits per heavy atom. The molecule has 1 aliphatic heterocycles. The molecule has 0 spiro atoms. The average molecular weight is 467 g/mol. The number of hydrogen-bond donors (Lipinski definition) is 5. The number of anilines is 3. The van der Waals surface area contributed by atoms with Gasteiger partial charge in [0, 0.05) is 37.0 Å². The molecule has 8 nitrogen and oxygen atoms in total. The van der Waals surface area contributed by atoms with Crippen molar-refractivity contribution >= 4 is 23.0 Å². The molecular weight excluding hydrogens is 435 g/mol. The maximum atomic E-state index is 14.4. The van der Waals surface area contributed by atoms with Gasteiger partial charge in [-0.1, -0.05) is 12.5 Å². The van der Waals surface area contributed by atoms with E-state index in [-0.39, 0.29) is 11.7 Å². The second kappa shape index (κ2) is 11.0. The predicted molar refractivity (Wildman–Crippen MR) is 133 cm³/mol. The van der Waals surface area contributed by atoms with Crippen LogP contribution in [0.25, 0.3) is 11.3 Å². The molecule has 0 radical (unpaired) electrons. The molecule has 0 fully saturated rings. The van der Waals surface area contributed by atoms with Crippen LogP contribution in [0.5, 0.6) is 5.75 Å². The molecule has 180 valence electrons. The smallest absolute Gasteiger partial charge is 0.255 e. The van der Waals surface area contributed by atoms with Gasteiger partial charge < -0.3 is 31.0 Å². The van der Waals surface area contributed by atoms with E-state index < -0.39 is 5.82 Å². The van der Waals surface area contributed by atoms with E-state index in [2.05, 4.69) is 31.2 Å². The fourth-order valence-corrected chi connectivity index (χ4v) is 4.24. The third kappa shape index (κ3) is 4.99. The summed E-state index contributed by atoms with van der Waals surface area (Å²) in [6.07, 6.45) is 7.46. The maximum absolute atomic E-state index is 14.4. The maximum Gasteiger partial charge on any atom is 0.255 e. The lowest BCUT2D eigenvalue weighted by molar-refractivity contribution is 0.0947. The number of nitrogens with zero attached hydrogens (tertiary/aromatic N) is 1. The van der Waals surface area contributed by atoms with Crippen LogP contribution in [0.1, 0.15) is 35.3 Å². The second-order valence-corrected chi connectivity index (χ2v) is 8.19. The van der Waals surface area contributed by atoms with Crippen LogP contribution >= 0.6 is 0 Å². The highest BCUT2D eigenvalue weighted by Gasteiger charge is 2.28. The predicted octanol–water partition coefficient (Wildman–Crippen LogP) is 4.06. The number of aromatic amines is 1. The summed E-state index contributed by atoms with van der Waals surface area (Å²) in [6, 6.07) is 6.58. The first-order chi connectivity index (χ1) is 16.6. The Hall–Kier alpha value is -3.59. The molecule has 3 aromatic rings. The normalized spacial score (nSPS) is 12.7. The number of carbonyl (C=O) groups excluding carboxylic acids is 1. The van der Waals surface area contributed by atoms with Gasteiger partial charge in [0.15, 0.2) is 11.6 Å². The molecule has 2 aromatic heterocycles. The number of pyridine rings is 1. The molecule has 1 aliphatic rings. The van der Waals surface area contributed by atoms with Crippen molar-refractivity contribution in [1.29, 1.82) is 0 Å². The Morgan fingerprint density at radius 2 is 2.00 bits per heavy atom. The summed E-state index contributed by atoms with van der Waals surface area (Å²) >= 11 is 0. The van der Waals surface area contributed by atoms with Gasteiger partial charge in [-0.25, -0.2) is 4.39 Å². The third-order valence-corrected chi connectivity index (χ3v) is 5.91. The number of unbranched alkanes of at least 4 members (excludes halogenated alkanes) is 2. The zero-order valence-electron chi connectivity index (χ0n) is 19.6. The molecule has 34 heavy (non-hydrogen) atoms. The SMILES string of the molecule is CNCCCCCNc1cnccc1-c1[nH]c2c(c1Nc1cccc(F)c1OC)C(=O)NCC2. The molecule has 0 bridgehead atoms. The fourth-order valence-electron chi connectivity index (χ4n) is 4.24. The van der Waals surface area contributed by atoms with Crippen LogP contribution in [0.15, 0.2) is 36.7 Å². The summed E-state index contributed by atoms with van der Waals surface area (Å²) in [5.74, 6) is -0.559. The molecule has 5 N–H and O–H groups in total. The minimum Gasteiger partial charge on any atom is -0.492 e. The molecular formula is C25H31FN6O2. The number of para-hydroxylation sites is 1. The second-order valence-electron chi connectivity index (χ2n) is 8.19. The number of amides is 1. The summed E-state index contributed by atoms with van der Waals surface area (Å²) < 4.78 is 19.6. The standard InChI is InChI=1S/C25H31FN6O2/c1-27-11-4-3-5-12-29-20-15-28-13-9-16(20)22-23(21-18(31-22)10-14-30-25(21)33)32-19-8-6-7-17(26)24(19)34-2/h6-9,13,15,27,29,31-32H,3-5,10-12,14H2,1-2H3,(H,30,33). The number of aromatic nitrogens is 2. The summed E-state index contributed by atoms with van der Waals surface area (Å²) in [5, 5.41) is 12.8. The summed E-state index contributed by atoms with van der Waals surface area (Å²) in [5.41, 5.74) is 4.88. The number of halogens is 1. The first-order valence-electron chi connectivity index (χ1n) is 11.6. The Balaban J connectivity index is 1.70. The fraction of sp³-hybridized carbons (Fsp3) is 0.360. The van der Waals surface area contributed by atoms with Gasteiger partial charge in [-0.2, -0.15) is 0 Å². The van der Waals surface area contributed by atoms with Gasteiger partial charge in [0.25, 0.3) is 5.91 Å². The van der Waals surface area contributed by atoms with Crippen molar-refractivity contribution in [3.63, 3.8) is 0 Å². The van der Waals surface area contributed by atoms with E-state index in [9.17, 15) is 9.18 Å². The minimum absolute atomic E-state index is 0.0919. The van der Waals surface area contributed by atoms with Crippen LogP contribution in [0, 0.1) is 5.82 Å². The van der Waals surface area contributed by atoms with E-state index in [1.54, 1.807) is 24.5 Å². The van der Waals surface area contributed by atoms with Crippen LogP contribution in [-0.4, -0.2) is 49.7 Å². The topological polar surface area (TPSA) is 103 Å². The Bertz CT molecular complexity index is 1150. The Labute approximate surface area is 198 Å². The third-order valence-electron chi connectivity index (χ3n) is 5.91. The number of hydrogen-bond acceptors (Lipinski definition) is 6. The Kier molecular flexibility index (Phi) is 7.64. The van der Waals surface area contributed by atoms with E-state index in [1.807, 2.05) is 13.1 Å². The van der Waals surface area contributed by atoms with Crippen LogP contribution in [-0.2, 0) is 6.42 Å². The van der Waals surface area contributed by atoms with Gasteiger partial charge >= 0.3 is 0 Å². The molecule has 0 saturated carbocycles. The van der Waals surface area contributed by atoms with Crippen molar-refractivity contribution in [2.75, 3.05) is 44.4 Å². The summed E-state index contributed by atoms with van der Waals surface area (Å²) in [7, 11) is 3.38. The summed E-state index contributed by atoms with van der Waals surface area (Å²) in [6.45, 7) is 2.37. The van der Waals surface area contributed by atoms with Gasteiger partial charge in [-0.3, -0.25) is 9.78 Å². The number of methoxy groups -OCH3 is 1. The lowest BCUT2D eigenvalue weighted by Gasteiger charge is -2.17. The molecule has 0 saturated heterocycles. The lowest BCUT2D eigenvalue weighted by Crippen LogP contribution is -2.31. The number of carbonyl (C=O) groups is 1. The number of H-pyrrole nitrogens is 1. The summed E-state index contributed by atoms with van der Waals surface area (Å²) in [4.78, 5) is 20.6. The van der Waals surface area contributed by atoms with Crippen LogP contribution in [0.2, 0.25) is 0 Å². The first kappa shape index (κ1) is 23.6. The molecule has 3 heterocycles. The minimum atomic E-state index is -0.479. The largest absolute Gasteiger partial charge is 0.492 e. The van der Waals surface area contributed by atoms with E-state index in [0.717, 1.165) is 55.0 Å². The molecule has 0 atom stereocenters. The van der Waals surface area contributed by atoms with Gasteiger partial charge in [0.05, 0.1) is 41.6 Å². The van der Waals surface area contributed by atoms with Crippen molar-refractivity contribution in [3.05, 3.63) is 53.7 Å². The van der Waals surface area contributed by atoms with E-state index in [0.29, 0.717) is 29.9 Å². The average Bonchev–Trinajstić information content (AvgIpc) is 3.21. The Morgan fingerprint density at radius 1 is 1.15 bits per heavy atom. The van der Waals surface area contributed by atoms with Crippen molar-refractivity contribution in [2.45, 2.75) is 25.7 Å². The van der Waals surface area contributed by atoms with Gasteiger partial charge in [-0.05, 0) is 44.6 Å². The molecule has 1 aromatic carbocycles. The molecule has 1 amide bonds. The van der Waals surface area contributed by atoms with Crippen LogP contribution in [0.4, 0.5) is 21.5 Å². The van der Waals surface area contributed by atoms with Gasteiger partial charge in [0.2, 0.25) is 0 Å². The van der Waals surface area contributed by atoms with Crippen molar-refractivity contribution in [2.24, 2.45) is 0 Å². The zero-order chi connectivity index (χ0) is 23.9. The monoisotopic (exact) mass is 466 g/mol. The highest BCUT2D eigenvalue weighted by Crippen LogP contribution is 2.41. The molecule has 0 unspecified atom stereocenters. The highest BCUT2D eigenvalue weighted by atomic mass is 19.1.